The summed E-state index contributed by atoms with van der Waals surface area (Å²) in [7, 11) is 0. The topological polar surface area (TPSA) is 49.4 Å². The van der Waals surface area contributed by atoms with Crippen LogP contribution in [0.1, 0.15) is 32.1 Å². The van der Waals surface area contributed by atoms with E-state index in [-0.39, 0.29) is 17.7 Å². The number of hydrogen-bond acceptors (Lipinski definition) is 3. The number of para-hydroxylation sites is 1. The van der Waals surface area contributed by atoms with Gasteiger partial charge in [-0.25, -0.2) is 0 Å². The second-order valence-corrected chi connectivity index (χ2v) is 7.85. The number of carbonyl (C=O) groups is 2. The van der Waals surface area contributed by atoms with Gasteiger partial charge in [-0.3, -0.25) is 9.59 Å². The van der Waals surface area contributed by atoms with E-state index in [0.717, 1.165) is 29.0 Å². The molecule has 2 amide bonds. The number of thiophene rings is 1. The number of nitrogens with zero attached hydrogens (tertiary/aromatic N) is 1. The molecule has 2 aromatic rings. The van der Waals surface area contributed by atoms with Crippen LogP contribution >= 0.6 is 11.3 Å². The predicted molar refractivity (Wildman–Crippen MR) is 100 cm³/mol. The minimum atomic E-state index is -0.246. The largest absolute Gasteiger partial charge is 0.339 e. The number of benzene rings is 1. The van der Waals surface area contributed by atoms with Crippen LogP contribution in [0.25, 0.3) is 10.4 Å². The van der Waals surface area contributed by atoms with Gasteiger partial charge >= 0.3 is 0 Å². The number of anilines is 1. The van der Waals surface area contributed by atoms with Crippen molar-refractivity contribution < 1.29 is 9.59 Å². The Morgan fingerprint density at radius 1 is 1.12 bits per heavy atom. The van der Waals surface area contributed by atoms with Crippen LogP contribution in [-0.4, -0.2) is 29.3 Å². The highest BCUT2D eigenvalue weighted by molar-refractivity contribution is 7.13. The molecule has 0 spiro atoms. The standard InChI is InChI=1S/C20H22N2O2S/c23-19-12-14(13-22(19)15-6-1-2-7-15)20(24)21-17-9-4-3-8-16(17)18-10-5-11-25-18/h3-5,8-11,14-15H,1-2,6-7,12-13H2,(H,21,24). The summed E-state index contributed by atoms with van der Waals surface area (Å²) >= 11 is 1.65. The molecule has 2 fully saturated rings. The summed E-state index contributed by atoms with van der Waals surface area (Å²) < 4.78 is 0. The normalized spacial score (nSPS) is 21.0. The monoisotopic (exact) mass is 354 g/mol. The lowest BCUT2D eigenvalue weighted by atomic mass is 10.1. The third kappa shape index (κ3) is 3.33. The third-order valence-corrected chi connectivity index (χ3v) is 6.17. The van der Waals surface area contributed by atoms with Crippen LogP contribution in [0.15, 0.2) is 41.8 Å². The van der Waals surface area contributed by atoms with Crippen molar-refractivity contribution in [3.63, 3.8) is 0 Å². The smallest absolute Gasteiger partial charge is 0.229 e. The van der Waals surface area contributed by atoms with E-state index in [1.54, 1.807) is 11.3 Å². The maximum Gasteiger partial charge on any atom is 0.229 e. The van der Waals surface area contributed by atoms with Crippen LogP contribution < -0.4 is 5.32 Å². The van der Waals surface area contributed by atoms with Crippen LogP contribution in [-0.2, 0) is 9.59 Å². The molecule has 1 N–H and O–H groups in total. The molecule has 4 rings (SSSR count). The molecule has 5 heteroatoms. The quantitative estimate of drug-likeness (QED) is 0.897. The van der Waals surface area contributed by atoms with E-state index in [2.05, 4.69) is 11.4 Å². The minimum absolute atomic E-state index is 0.0437. The maximum atomic E-state index is 12.8. The summed E-state index contributed by atoms with van der Waals surface area (Å²) in [6.45, 7) is 0.566. The molecule has 2 heterocycles. The fraction of sp³-hybridized carbons (Fsp3) is 0.400. The number of hydrogen-bond donors (Lipinski definition) is 1. The summed E-state index contributed by atoms with van der Waals surface area (Å²) in [5.41, 5.74) is 1.85. The molecule has 1 aromatic heterocycles. The zero-order valence-corrected chi connectivity index (χ0v) is 14.9. The van der Waals surface area contributed by atoms with Crippen molar-refractivity contribution in [3.05, 3.63) is 41.8 Å². The lowest BCUT2D eigenvalue weighted by Crippen LogP contribution is -2.35. The molecule has 1 unspecified atom stereocenters. The van der Waals surface area contributed by atoms with Crippen molar-refractivity contribution >= 4 is 28.8 Å². The number of rotatable bonds is 4. The molecular weight excluding hydrogens is 332 g/mol. The van der Waals surface area contributed by atoms with Gasteiger partial charge in [0.05, 0.1) is 5.92 Å². The Bertz CT molecular complexity index is 766. The second kappa shape index (κ2) is 7.00. The van der Waals surface area contributed by atoms with Crippen molar-refractivity contribution in [2.24, 2.45) is 5.92 Å². The zero-order valence-electron chi connectivity index (χ0n) is 14.1. The summed E-state index contributed by atoms with van der Waals surface area (Å²) in [5.74, 6) is -0.152. The molecule has 1 aromatic carbocycles. The molecule has 4 nitrogen and oxygen atoms in total. The molecule has 1 atom stereocenters. The van der Waals surface area contributed by atoms with E-state index in [9.17, 15) is 9.59 Å². The lowest BCUT2D eigenvalue weighted by Gasteiger charge is -2.24. The van der Waals surface area contributed by atoms with E-state index in [0.29, 0.717) is 19.0 Å². The maximum absolute atomic E-state index is 12.8. The molecule has 1 saturated carbocycles. The first-order chi connectivity index (χ1) is 12.2. The van der Waals surface area contributed by atoms with Crippen molar-refractivity contribution in [3.8, 4) is 10.4 Å². The summed E-state index contributed by atoms with van der Waals surface area (Å²) in [4.78, 5) is 28.2. The van der Waals surface area contributed by atoms with Gasteiger partial charge < -0.3 is 10.2 Å². The van der Waals surface area contributed by atoms with Gasteiger partial charge in [-0.1, -0.05) is 37.1 Å². The first kappa shape index (κ1) is 16.3. The van der Waals surface area contributed by atoms with Crippen LogP contribution in [0.4, 0.5) is 5.69 Å². The lowest BCUT2D eigenvalue weighted by molar-refractivity contribution is -0.129. The highest BCUT2D eigenvalue weighted by Crippen LogP contribution is 2.33. The van der Waals surface area contributed by atoms with Gasteiger partial charge in [0, 0.05) is 35.1 Å². The summed E-state index contributed by atoms with van der Waals surface area (Å²) in [6, 6.07) is 12.3. The molecule has 1 aliphatic carbocycles. The third-order valence-electron chi connectivity index (χ3n) is 5.27. The number of amides is 2. The first-order valence-corrected chi connectivity index (χ1v) is 9.83. The van der Waals surface area contributed by atoms with Gasteiger partial charge in [0.15, 0.2) is 0 Å². The average Bonchev–Trinajstić information content (AvgIpc) is 3.37. The van der Waals surface area contributed by atoms with Crippen molar-refractivity contribution in [1.82, 2.24) is 4.90 Å². The fourth-order valence-corrected chi connectivity index (χ4v) is 4.72. The minimum Gasteiger partial charge on any atom is -0.339 e. The Hall–Kier alpha value is -2.14. The zero-order chi connectivity index (χ0) is 17.2. The second-order valence-electron chi connectivity index (χ2n) is 6.90. The van der Waals surface area contributed by atoms with Gasteiger partial charge in [0.25, 0.3) is 0 Å². The van der Waals surface area contributed by atoms with Gasteiger partial charge in [-0.05, 0) is 30.4 Å². The van der Waals surface area contributed by atoms with E-state index < -0.39 is 0 Å². The van der Waals surface area contributed by atoms with Crippen LogP contribution in [0, 0.1) is 5.92 Å². The van der Waals surface area contributed by atoms with Crippen LogP contribution in [0.2, 0.25) is 0 Å². The van der Waals surface area contributed by atoms with Gasteiger partial charge in [-0.2, -0.15) is 0 Å². The molecule has 1 aliphatic heterocycles. The van der Waals surface area contributed by atoms with E-state index in [1.165, 1.54) is 12.8 Å². The summed E-state index contributed by atoms with van der Waals surface area (Å²) in [6.07, 6.45) is 4.89. The Morgan fingerprint density at radius 3 is 2.68 bits per heavy atom. The molecule has 2 aliphatic rings. The average molecular weight is 354 g/mol. The van der Waals surface area contributed by atoms with E-state index in [4.69, 9.17) is 0 Å². The van der Waals surface area contributed by atoms with Crippen molar-refractivity contribution in [2.45, 2.75) is 38.1 Å². The van der Waals surface area contributed by atoms with Crippen molar-refractivity contribution in [1.29, 1.82) is 0 Å². The Balaban J connectivity index is 1.47. The molecule has 1 saturated heterocycles. The first-order valence-electron chi connectivity index (χ1n) is 8.95. The molecule has 0 bridgehead atoms. The van der Waals surface area contributed by atoms with Crippen LogP contribution in [0.3, 0.4) is 0 Å². The van der Waals surface area contributed by atoms with Crippen molar-refractivity contribution in [2.75, 3.05) is 11.9 Å². The van der Waals surface area contributed by atoms with E-state index in [1.807, 2.05) is 40.6 Å². The number of likely N-dealkylation sites (tertiary alicyclic amines) is 1. The predicted octanol–water partition coefficient (Wildman–Crippen LogP) is 4.14. The molecule has 25 heavy (non-hydrogen) atoms. The Labute approximate surface area is 151 Å². The highest BCUT2D eigenvalue weighted by atomic mass is 32.1. The molecular formula is C20H22N2O2S. The van der Waals surface area contributed by atoms with Gasteiger partial charge in [-0.15, -0.1) is 11.3 Å². The SMILES string of the molecule is O=C(Nc1ccccc1-c1cccs1)C1CC(=O)N(C2CCCC2)C1. The Kier molecular flexibility index (Phi) is 4.57. The van der Waals surface area contributed by atoms with Crippen LogP contribution in [0.5, 0.6) is 0 Å². The highest BCUT2D eigenvalue weighted by Gasteiger charge is 2.38. The Morgan fingerprint density at radius 2 is 1.92 bits per heavy atom. The van der Waals surface area contributed by atoms with Gasteiger partial charge in [0.1, 0.15) is 0 Å². The number of nitrogens with one attached hydrogen (secondary N) is 1. The van der Waals surface area contributed by atoms with E-state index >= 15 is 0 Å². The fourth-order valence-electron chi connectivity index (χ4n) is 3.95. The number of carbonyl (C=O) groups excluding carboxylic acids is 2. The summed E-state index contributed by atoms with van der Waals surface area (Å²) in [5, 5.41) is 5.09. The van der Waals surface area contributed by atoms with Gasteiger partial charge in [0.2, 0.25) is 11.8 Å². The molecule has 0 radical (unpaired) electrons. The molecule has 130 valence electrons.